The Morgan fingerprint density at radius 2 is 1.63 bits per heavy atom. The summed E-state index contributed by atoms with van der Waals surface area (Å²) < 4.78 is 19.0. The molecule has 1 aromatic carbocycles. The number of ether oxygens (including phenoxy) is 3. The highest BCUT2D eigenvalue weighted by molar-refractivity contribution is 5.91. The minimum absolute atomic E-state index is 0.0338. The van der Waals surface area contributed by atoms with E-state index in [1.54, 1.807) is 0 Å². The normalized spacial score (nSPS) is 40.2. The Kier molecular flexibility index (Phi) is 7.77. The lowest BCUT2D eigenvalue weighted by Gasteiger charge is -2.63. The molecular weight excluding hydrogens is 512 g/mol. The van der Waals surface area contributed by atoms with Crippen LogP contribution in [0, 0.1) is 52.3 Å². The van der Waals surface area contributed by atoms with Crippen LogP contribution in [-0.2, 0) is 19.0 Å². The number of hydrogen-bond donors (Lipinski definition) is 0. The van der Waals surface area contributed by atoms with Crippen molar-refractivity contribution in [1.29, 1.82) is 0 Å². The van der Waals surface area contributed by atoms with Crippen molar-refractivity contribution < 1.29 is 23.8 Å². The van der Waals surface area contributed by atoms with Crippen LogP contribution in [0.25, 0.3) is 0 Å². The van der Waals surface area contributed by atoms with E-state index in [4.69, 9.17) is 14.2 Å². The summed E-state index contributed by atoms with van der Waals surface area (Å²) in [6, 6.07) is 9.50. The standard InChI is InChI=1S/C36H50O5/c1-23(2)30(37)14-11-24(3)27-12-13-28-32-29(15-16-35(27,28)5)34(4)17-18-36(39-19-20-40-36)22-26(34)21-31(32)41-33(38)25-9-7-6-8-10-25/h6-11,14,23-24,26-29,31-32H,12-13,15-22H2,1-5H3/b14-11+/t24?,26-,27+,28?,29?,31+,32?,34-,35+/m0/s1. The Balaban J connectivity index is 1.30. The molecule has 4 aliphatic carbocycles. The molecular formula is C36H50O5. The van der Waals surface area contributed by atoms with Gasteiger partial charge in [0.15, 0.2) is 11.6 Å². The fraction of sp³-hybridized carbons (Fsp3) is 0.722. The average Bonchev–Trinajstić information content (AvgIpc) is 3.56. The van der Waals surface area contributed by atoms with Gasteiger partial charge in [0, 0.05) is 24.7 Å². The molecule has 5 aliphatic rings. The molecule has 1 heterocycles. The first-order valence-corrected chi connectivity index (χ1v) is 16.3. The highest BCUT2D eigenvalue weighted by Crippen LogP contribution is 2.69. The molecule has 0 amide bonds. The lowest BCUT2D eigenvalue weighted by molar-refractivity contribution is -0.242. The lowest BCUT2D eigenvalue weighted by Crippen LogP contribution is -2.60. The molecule has 1 aliphatic heterocycles. The molecule has 0 bridgehead atoms. The molecule has 41 heavy (non-hydrogen) atoms. The van der Waals surface area contributed by atoms with E-state index in [1.807, 2.05) is 50.3 Å². The Bertz CT molecular complexity index is 1150. The minimum Gasteiger partial charge on any atom is -0.458 e. The van der Waals surface area contributed by atoms with Crippen LogP contribution in [0.1, 0.15) is 96.3 Å². The Labute approximate surface area is 246 Å². The summed E-state index contributed by atoms with van der Waals surface area (Å²) in [4.78, 5) is 25.9. The molecule has 5 nitrogen and oxygen atoms in total. The zero-order valence-electron chi connectivity index (χ0n) is 25.8. The molecule has 224 valence electrons. The van der Waals surface area contributed by atoms with Gasteiger partial charge >= 0.3 is 5.97 Å². The van der Waals surface area contributed by atoms with Crippen molar-refractivity contribution in [2.45, 2.75) is 97.9 Å². The predicted molar refractivity (Wildman–Crippen MR) is 159 cm³/mol. The van der Waals surface area contributed by atoms with Crippen LogP contribution in [-0.4, -0.2) is 36.9 Å². The molecule has 5 fully saturated rings. The fourth-order valence-electron chi connectivity index (χ4n) is 10.3. The molecule has 0 N–H and O–H groups in total. The van der Waals surface area contributed by atoms with Crippen LogP contribution in [0.4, 0.5) is 0 Å². The van der Waals surface area contributed by atoms with Crippen LogP contribution in [0.2, 0.25) is 0 Å². The van der Waals surface area contributed by atoms with Crippen molar-refractivity contribution in [3.8, 4) is 0 Å². The largest absolute Gasteiger partial charge is 0.458 e. The van der Waals surface area contributed by atoms with Gasteiger partial charge in [-0.3, -0.25) is 4.79 Å². The quantitative estimate of drug-likeness (QED) is 0.263. The van der Waals surface area contributed by atoms with Gasteiger partial charge in [0.05, 0.1) is 18.8 Å². The molecule has 0 aromatic heterocycles. The number of hydrogen-bond acceptors (Lipinski definition) is 5. The molecule has 9 atom stereocenters. The first kappa shape index (κ1) is 29.1. The zero-order chi connectivity index (χ0) is 29.0. The van der Waals surface area contributed by atoms with Gasteiger partial charge in [-0.05, 0) is 97.2 Å². The maximum Gasteiger partial charge on any atom is 0.338 e. The highest BCUT2D eigenvalue weighted by Gasteiger charge is 2.65. The van der Waals surface area contributed by atoms with Crippen molar-refractivity contribution in [2.75, 3.05) is 13.2 Å². The van der Waals surface area contributed by atoms with E-state index in [-0.39, 0.29) is 34.6 Å². The number of ketones is 1. The molecule has 1 aromatic rings. The van der Waals surface area contributed by atoms with Gasteiger partial charge in [-0.1, -0.05) is 58.9 Å². The van der Waals surface area contributed by atoms with Crippen LogP contribution in [0.5, 0.6) is 0 Å². The van der Waals surface area contributed by atoms with Crippen molar-refractivity contribution in [3.63, 3.8) is 0 Å². The van der Waals surface area contributed by atoms with Crippen LogP contribution >= 0.6 is 0 Å². The number of fused-ring (bicyclic) bond motifs is 5. The summed E-state index contributed by atoms with van der Waals surface area (Å²) in [5, 5.41) is 0. The van der Waals surface area contributed by atoms with E-state index < -0.39 is 5.79 Å². The summed E-state index contributed by atoms with van der Waals surface area (Å²) in [7, 11) is 0. The monoisotopic (exact) mass is 562 g/mol. The zero-order valence-corrected chi connectivity index (χ0v) is 25.8. The summed E-state index contributed by atoms with van der Waals surface area (Å²) in [6.07, 6.45) is 12.5. The summed E-state index contributed by atoms with van der Waals surface area (Å²) in [5.74, 6) is 2.32. The number of benzene rings is 1. The second-order valence-electron chi connectivity index (χ2n) is 14.9. The SMILES string of the molecule is CC(C)C(=O)/C=C/C(C)[C@H]1CCC2C3C(CC[C@@]21C)[C@@]1(C)CCC2(C[C@@H]1C[C@H]3OC(=O)c1ccccc1)OCCO2. The van der Waals surface area contributed by atoms with Crippen molar-refractivity contribution in [3.05, 3.63) is 48.0 Å². The molecule has 0 radical (unpaired) electrons. The number of allylic oxidation sites excluding steroid dienone is 2. The number of carbonyl (C=O) groups is 2. The van der Waals surface area contributed by atoms with Gasteiger partial charge in [0.2, 0.25) is 0 Å². The van der Waals surface area contributed by atoms with Gasteiger partial charge < -0.3 is 14.2 Å². The lowest BCUT2D eigenvalue weighted by atomic mass is 9.43. The Morgan fingerprint density at radius 1 is 0.927 bits per heavy atom. The minimum atomic E-state index is -0.443. The van der Waals surface area contributed by atoms with Crippen molar-refractivity contribution >= 4 is 11.8 Å². The smallest absolute Gasteiger partial charge is 0.338 e. The van der Waals surface area contributed by atoms with Crippen LogP contribution < -0.4 is 0 Å². The van der Waals surface area contributed by atoms with Crippen LogP contribution in [0.15, 0.2) is 42.5 Å². The summed E-state index contributed by atoms with van der Waals surface area (Å²) >= 11 is 0. The van der Waals surface area contributed by atoms with Gasteiger partial charge in [-0.25, -0.2) is 4.79 Å². The predicted octanol–water partition coefficient (Wildman–Crippen LogP) is 7.64. The van der Waals surface area contributed by atoms with E-state index >= 15 is 0 Å². The second-order valence-corrected chi connectivity index (χ2v) is 14.9. The maximum atomic E-state index is 13.5. The van der Waals surface area contributed by atoms with E-state index in [9.17, 15) is 9.59 Å². The van der Waals surface area contributed by atoms with Gasteiger partial charge in [-0.15, -0.1) is 0 Å². The van der Waals surface area contributed by atoms with Gasteiger partial charge in [0.25, 0.3) is 0 Å². The highest BCUT2D eigenvalue weighted by atomic mass is 16.7. The van der Waals surface area contributed by atoms with Gasteiger partial charge in [-0.2, -0.15) is 0 Å². The van der Waals surface area contributed by atoms with E-state index in [0.717, 1.165) is 25.7 Å². The topological polar surface area (TPSA) is 61.8 Å². The third kappa shape index (κ3) is 5.03. The number of rotatable bonds is 6. The third-order valence-corrected chi connectivity index (χ3v) is 12.6. The fourth-order valence-corrected chi connectivity index (χ4v) is 10.3. The molecule has 1 saturated heterocycles. The molecule has 5 heteroatoms. The third-order valence-electron chi connectivity index (χ3n) is 12.6. The molecule has 1 spiro atoms. The molecule has 4 unspecified atom stereocenters. The first-order chi connectivity index (χ1) is 19.6. The Hall–Kier alpha value is -1.98. The molecule has 6 rings (SSSR count). The van der Waals surface area contributed by atoms with Gasteiger partial charge in [0.1, 0.15) is 6.10 Å². The average molecular weight is 563 g/mol. The van der Waals surface area contributed by atoms with Crippen LogP contribution in [0.3, 0.4) is 0 Å². The Morgan fingerprint density at radius 3 is 2.34 bits per heavy atom. The van der Waals surface area contributed by atoms with E-state index in [1.165, 1.54) is 25.7 Å². The van der Waals surface area contributed by atoms with Crippen molar-refractivity contribution in [2.24, 2.45) is 52.3 Å². The van der Waals surface area contributed by atoms with E-state index in [2.05, 4.69) is 26.8 Å². The first-order valence-electron chi connectivity index (χ1n) is 16.3. The summed E-state index contributed by atoms with van der Waals surface area (Å²) in [6.45, 7) is 12.7. The maximum absolute atomic E-state index is 13.5. The second kappa shape index (κ2) is 10.9. The molecule has 4 saturated carbocycles. The van der Waals surface area contributed by atoms with E-state index in [0.29, 0.717) is 54.3 Å². The number of carbonyl (C=O) groups excluding carboxylic acids is 2. The number of esters is 1. The summed E-state index contributed by atoms with van der Waals surface area (Å²) in [5.41, 5.74) is 1.02. The van der Waals surface area contributed by atoms with Crippen molar-refractivity contribution in [1.82, 2.24) is 0 Å².